The molecular formula is C17H23N3O3S. The van der Waals surface area contributed by atoms with Crippen LogP contribution >= 0.6 is 11.8 Å². The Morgan fingerprint density at radius 1 is 1.21 bits per heavy atom. The molecule has 0 bridgehead atoms. The fourth-order valence-electron chi connectivity index (χ4n) is 3.23. The third kappa shape index (κ3) is 4.93. The van der Waals surface area contributed by atoms with Crippen LogP contribution in [0.5, 0.6) is 0 Å². The summed E-state index contributed by atoms with van der Waals surface area (Å²) in [6, 6.07) is 2.07. The lowest BCUT2D eigenvalue weighted by atomic mass is 9.94. The highest BCUT2D eigenvalue weighted by atomic mass is 32.2. The number of cyclic esters (lactones) is 1. The maximum atomic E-state index is 12.1. The molecule has 3 rings (SSSR count). The van der Waals surface area contributed by atoms with E-state index in [1.54, 1.807) is 24.2 Å². The van der Waals surface area contributed by atoms with Crippen LogP contribution in [0.1, 0.15) is 44.9 Å². The van der Waals surface area contributed by atoms with Crippen molar-refractivity contribution in [2.24, 2.45) is 5.92 Å². The molecule has 1 atom stereocenters. The van der Waals surface area contributed by atoms with Crippen molar-refractivity contribution in [2.75, 3.05) is 6.61 Å². The largest absolute Gasteiger partial charge is 0.465 e. The Morgan fingerprint density at radius 3 is 2.62 bits per heavy atom. The first-order valence-electron chi connectivity index (χ1n) is 8.60. The fourth-order valence-corrected chi connectivity index (χ4v) is 4.27. The van der Waals surface area contributed by atoms with Crippen LogP contribution in [0.2, 0.25) is 0 Å². The zero-order chi connectivity index (χ0) is 16.8. The van der Waals surface area contributed by atoms with Crippen LogP contribution in [0.3, 0.4) is 0 Å². The average molecular weight is 349 g/mol. The molecule has 1 aromatic rings. The summed E-state index contributed by atoms with van der Waals surface area (Å²) in [4.78, 5) is 32.0. The number of amides is 1. The number of carbonyl (C=O) groups excluding carboxylic acids is 2. The molecule has 0 spiro atoms. The van der Waals surface area contributed by atoms with Crippen molar-refractivity contribution in [1.82, 2.24) is 15.3 Å². The maximum absolute atomic E-state index is 12.1. The van der Waals surface area contributed by atoms with E-state index in [2.05, 4.69) is 15.3 Å². The summed E-state index contributed by atoms with van der Waals surface area (Å²) < 4.78 is 4.93. The standard InChI is InChI=1S/C17H23N3O3S/c21-15(7-2-12-8-11-23-16(12)22)20-13-3-5-14(6-4-13)24-17-18-9-1-10-19-17/h1,9-10,12-14H,2-8,11H2,(H,20,21). The number of esters is 1. The van der Waals surface area contributed by atoms with E-state index in [0.29, 0.717) is 24.7 Å². The molecule has 1 aromatic heterocycles. The smallest absolute Gasteiger partial charge is 0.309 e. The molecular weight excluding hydrogens is 326 g/mol. The van der Waals surface area contributed by atoms with Crippen molar-refractivity contribution >= 4 is 23.6 Å². The number of nitrogens with zero attached hydrogens (tertiary/aromatic N) is 2. The molecule has 0 aromatic carbocycles. The number of rotatable bonds is 6. The summed E-state index contributed by atoms with van der Waals surface area (Å²) >= 11 is 1.73. The maximum Gasteiger partial charge on any atom is 0.309 e. The van der Waals surface area contributed by atoms with E-state index in [9.17, 15) is 9.59 Å². The summed E-state index contributed by atoms with van der Waals surface area (Å²) in [6.07, 6.45) is 9.38. The van der Waals surface area contributed by atoms with Gasteiger partial charge in [0, 0.05) is 30.1 Å². The van der Waals surface area contributed by atoms with E-state index < -0.39 is 0 Å². The van der Waals surface area contributed by atoms with Crippen molar-refractivity contribution in [3.63, 3.8) is 0 Å². The predicted octanol–water partition coefficient (Wildman–Crippen LogP) is 2.34. The van der Waals surface area contributed by atoms with Gasteiger partial charge in [0.15, 0.2) is 5.16 Å². The Hall–Kier alpha value is -1.63. The van der Waals surface area contributed by atoms with Gasteiger partial charge in [-0.25, -0.2) is 9.97 Å². The molecule has 1 saturated carbocycles. The first kappa shape index (κ1) is 17.2. The Balaban J connectivity index is 1.34. The molecule has 2 heterocycles. The Labute approximate surface area is 146 Å². The number of ether oxygens (including phenoxy) is 1. The highest BCUT2D eigenvalue weighted by Crippen LogP contribution is 2.31. The van der Waals surface area contributed by atoms with Gasteiger partial charge in [-0.05, 0) is 44.6 Å². The lowest BCUT2D eigenvalue weighted by Gasteiger charge is -2.28. The quantitative estimate of drug-likeness (QED) is 0.627. The van der Waals surface area contributed by atoms with Crippen LogP contribution in [0.4, 0.5) is 0 Å². The van der Waals surface area contributed by atoms with E-state index >= 15 is 0 Å². The van der Waals surface area contributed by atoms with Crippen molar-refractivity contribution in [3.05, 3.63) is 18.5 Å². The summed E-state index contributed by atoms with van der Waals surface area (Å²) in [5.74, 6) is -0.186. The molecule has 1 N–H and O–H groups in total. The number of nitrogens with one attached hydrogen (secondary N) is 1. The number of hydrogen-bond acceptors (Lipinski definition) is 6. The Morgan fingerprint density at radius 2 is 1.96 bits per heavy atom. The molecule has 0 radical (unpaired) electrons. The van der Waals surface area contributed by atoms with Crippen LogP contribution in [0.15, 0.2) is 23.6 Å². The third-order valence-corrected chi connectivity index (χ3v) is 5.84. The zero-order valence-electron chi connectivity index (χ0n) is 13.6. The van der Waals surface area contributed by atoms with Gasteiger partial charge in [-0.1, -0.05) is 11.8 Å². The molecule has 2 fully saturated rings. The van der Waals surface area contributed by atoms with Crippen LogP contribution in [-0.4, -0.2) is 39.7 Å². The number of hydrogen-bond donors (Lipinski definition) is 1. The first-order valence-corrected chi connectivity index (χ1v) is 9.48. The molecule has 1 aliphatic heterocycles. The summed E-state index contributed by atoms with van der Waals surface area (Å²) in [6.45, 7) is 0.498. The molecule has 7 heteroatoms. The molecule has 1 unspecified atom stereocenters. The highest BCUT2D eigenvalue weighted by molar-refractivity contribution is 7.99. The lowest BCUT2D eigenvalue weighted by molar-refractivity contribution is -0.141. The third-order valence-electron chi connectivity index (χ3n) is 4.62. The zero-order valence-corrected chi connectivity index (χ0v) is 14.5. The van der Waals surface area contributed by atoms with Gasteiger partial charge in [0.2, 0.25) is 5.91 Å². The van der Waals surface area contributed by atoms with Crippen LogP contribution in [0.25, 0.3) is 0 Å². The van der Waals surface area contributed by atoms with E-state index in [1.165, 1.54) is 0 Å². The van der Waals surface area contributed by atoms with E-state index in [0.717, 1.165) is 37.3 Å². The summed E-state index contributed by atoms with van der Waals surface area (Å²) in [7, 11) is 0. The monoisotopic (exact) mass is 349 g/mol. The van der Waals surface area contributed by atoms with Crippen LogP contribution < -0.4 is 5.32 Å². The highest BCUT2D eigenvalue weighted by Gasteiger charge is 2.28. The topological polar surface area (TPSA) is 81.2 Å². The SMILES string of the molecule is O=C(CCC1CCOC1=O)NC1CCC(Sc2ncccn2)CC1. The van der Waals surface area contributed by atoms with Gasteiger partial charge >= 0.3 is 5.97 Å². The first-order chi connectivity index (χ1) is 11.7. The van der Waals surface area contributed by atoms with Crippen LogP contribution in [0, 0.1) is 5.92 Å². The van der Waals surface area contributed by atoms with Gasteiger partial charge in [-0.15, -0.1) is 0 Å². The molecule has 24 heavy (non-hydrogen) atoms. The molecule has 2 aliphatic rings. The van der Waals surface area contributed by atoms with Crippen molar-refractivity contribution in [1.29, 1.82) is 0 Å². The fraction of sp³-hybridized carbons (Fsp3) is 0.647. The average Bonchev–Trinajstić information content (AvgIpc) is 3.01. The minimum Gasteiger partial charge on any atom is -0.465 e. The van der Waals surface area contributed by atoms with Crippen molar-refractivity contribution < 1.29 is 14.3 Å². The Kier molecular flexibility index (Phi) is 6.07. The molecule has 1 aliphatic carbocycles. The van der Waals surface area contributed by atoms with Gasteiger partial charge < -0.3 is 10.1 Å². The second-order valence-electron chi connectivity index (χ2n) is 6.38. The second-order valence-corrected chi connectivity index (χ2v) is 7.65. The van der Waals surface area contributed by atoms with Gasteiger partial charge in [0.25, 0.3) is 0 Å². The van der Waals surface area contributed by atoms with Gasteiger partial charge in [0.05, 0.1) is 12.5 Å². The predicted molar refractivity (Wildman–Crippen MR) is 90.4 cm³/mol. The molecule has 130 valence electrons. The van der Waals surface area contributed by atoms with E-state index in [-0.39, 0.29) is 23.8 Å². The van der Waals surface area contributed by atoms with Gasteiger partial charge in [0.1, 0.15) is 0 Å². The van der Waals surface area contributed by atoms with Crippen molar-refractivity contribution in [2.45, 2.75) is 61.4 Å². The lowest BCUT2D eigenvalue weighted by Crippen LogP contribution is -2.38. The summed E-state index contributed by atoms with van der Waals surface area (Å²) in [5.41, 5.74) is 0. The summed E-state index contributed by atoms with van der Waals surface area (Å²) in [5, 5.41) is 4.46. The molecule has 6 nitrogen and oxygen atoms in total. The molecule has 1 saturated heterocycles. The van der Waals surface area contributed by atoms with Gasteiger partial charge in [-0.3, -0.25) is 9.59 Å². The van der Waals surface area contributed by atoms with E-state index in [1.807, 2.05) is 6.07 Å². The molecule has 1 amide bonds. The van der Waals surface area contributed by atoms with Gasteiger partial charge in [-0.2, -0.15) is 0 Å². The van der Waals surface area contributed by atoms with Crippen LogP contribution in [-0.2, 0) is 14.3 Å². The second kappa shape index (κ2) is 8.46. The minimum absolute atomic E-state index is 0.0530. The van der Waals surface area contributed by atoms with E-state index in [4.69, 9.17) is 4.74 Å². The number of aromatic nitrogens is 2. The van der Waals surface area contributed by atoms with Crippen molar-refractivity contribution in [3.8, 4) is 0 Å². The minimum atomic E-state index is -0.150. The number of thioether (sulfide) groups is 1. The Bertz CT molecular complexity index is 561. The number of carbonyl (C=O) groups is 2. The normalized spacial score (nSPS) is 26.8.